The zero-order chi connectivity index (χ0) is 26.8. The van der Waals surface area contributed by atoms with Gasteiger partial charge in [-0.1, -0.05) is 25.3 Å². The molecule has 1 atom stereocenters. The number of hydrogen-bond acceptors (Lipinski definition) is 7. The molecule has 1 aromatic heterocycles. The second-order valence-electron chi connectivity index (χ2n) is 8.44. The summed E-state index contributed by atoms with van der Waals surface area (Å²) in [6, 6.07) is 17.2. The zero-order valence-corrected chi connectivity index (χ0v) is 21.6. The third-order valence-corrected chi connectivity index (χ3v) is 5.49. The fourth-order valence-corrected chi connectivity index (χ4v) is 3.55. The lowest BCUT2D eigenvalue weighted by molar-refractivity contribution is 0.208. The molecule has 0 radical (unpaired) electrons. The number of nitrogens with one attached hydrogen (secondary N) is 3. The molecule has 0 amide bonds. The largest absolute Gasteiger partial charge is 0.378 e. The lowest BCUT2D eigenvalue weighted by atomic mass is 10.1. The molecule has 0 spiro atoms. The van der Waals surface area contributed by atoms with E-state index >= 15 is 0 Å². The molecular weight excluding hydrogens is 460 g/mol. The highest BCUT2D eigenvalue weighted by Crippen LogP contribution is 2.30. The van der Waals surface area contributed by atoms with Crippen molar-refractivity contribution in [1.29, 1.82) is 0 Å². The molecule has 0 saturated carbocycles. The fraction of sp³-hybridized carbons (Fsp3) is 0.133. The summed E-state index contributed by atoms with van der Waals surface area (Å²) in [5, 5.41) is 20.3. The summed E-state index contributed by atoms with van der Waals surface area (Å²) in [5.41, 5.74) is 6.51. The first kappa shape index (κ1) is 27.0. The zero-order valence-electron chi connectivity index (χ0n) is 21.6. The fourth-order valence-electron chi connectivity index (χ4n) is 3.55. The first-order chi connectivity index (χ1) is 17.8. The highest BCUT2D eigenvalue weighted by Gasteiger charge is 2.11. The van der Waals surface area contributed by atoms with Crippen molar-refractivity contribution in [1.82, 2.24) is 4.98 Å². The van der Waals surface area contributed by atoms with Crippen LogP contribution in [0.1, 0.15) is 24.3 Å². The van der Waals surface area contributed by atoms with Crippen molar-refractivity contribution in [2.45, 2.75) is 13.2 Å². The Morgan fingerprint density at radius 1 is 1.05 bits per heavy atom. The summed E-state index contributed by atoms with van der Waals surface area (Å²) in [4.78, 5) is 10.6. The molecule has 0 saturated heterocycles. The van der Waals surface area contributed by atoms with E-state index in [1.165, 1.54) is 0 Å². The van der Waals surface area contributed by atoms with Crippen LogP contribution in [0.4, 0.5) is 28.6 Å². The third-order valence-electron chi connectivity index (χ3n) is 5.49. The number of benzene rings is 2. The van der Waals surface area contributed by atoms with Gasteiger partial charge in [0.05, 0.1) is 5.69 Å². The topological polar surface area (TPSA) is 84.8 Å². The van der Waals surface area contributed by atoms with E-state index in [9.17, 15) is 5.11 Å². The van der Waals surface area contributed by atoms with Gasteiger partial charge in [0.1, 0.15) is 5.82 Å². The van der Waals surface area contributed by atoms with E-state index in [0.717, 1.165) is 34.0 Å². The lowest BCUT2D eigenvalue weighted by Crippen LogP contribution is -2.11. The maximum atomic E-state index is 10.7. The number of rotatable bonds is 12. The van der Waals surface area contributed by atoms with Crippen molar-refractivity contribution in [2.24, 2.45) is 4.99 Å². The number of anilines is 4. The normalized spacial score (nSPS) is 12.1. The monoisotopic (exact) mass is 494 g/mol. The van der Waals surface area contributed by atoms with Gasteiger partial charge in [0.15, 0.2) is 6.23 Å². The Morgan fingerprint density at radius 3 is 2.38 bits per heavy atom. The molecule has 190 valence electrons. The van der Waals surface area contributed by atoms with Crippen molar-refractivity contribution in [3.63, 3.8) is 0 Å². The average molecular weight is 495 g/mol. The third kappa shape index (κ3) is 7.43. The quantitative estimate of drug-likeness (QED) is 0.127. The maximum Gasteiger partial charge on any atom is 0.152 e. The molecular formula is C30H34N6O. The molecule has 4 N–H and O–H groups in total. The predicted octanol–water partition coefficient (Wildman–Crippen LogP) is 6.72. The number of pyridine rings is 1. The second kappa shape index (κ2) is 12.9. The van der Waals surface area contributed by atoms with E-state index in [1.54, 1.807) is 18.3 Å². The van der Waals surface area contributed by atoms with Gasteiger partial charge in [0, 0.05) is 59.9 Å². The number of hydrogen-bond donors (Lipinski definition) is 4. The molecule has 37 heavy (non-hydrogen) atoms. The van der Waals surface area contributed by atoms with Gasteiger partial charge in [-0.3, -0.25) is 4.99 Å². The smallest absolute Gasteiger partial charge is 0.152 e. The number of nitrogens with zero attached hydrogens (tertiary/aromatic N) is 3. The van der Waals surface area contributed by atoms with Gasteiger partial charge in [-0.15, -0.1) is 0 Å². The van der Waals surface area contributed by atoms with Crippen molar-refractivity contribution >= 4 is 41.0 Å². The van der Waals surface area contributed by atoms with Gasteiger partial charge >= 0.3 is 0 Å². The molecule has 1 heterocycles. The molecule has 7 heteroatoms. The van der Waals surface area contributed by atoms with Crippen LogP contribution < -0.4 is 20.9 Å². The Labute approximate surface area is 219 Å². The summed E-state index contributed by atoms with van der Waals surface area (Å²) < 4.78 is 0. The van der Waals surface area contributed by atoms with Gasteiger partial charge in [0.2, 0.25) is 0 Å². The van der Waals surface area contributed by atoms with Crippen LogP contribution in [-0.2, 0) is 0 Å². The summed E-state index contributed by atoms with van der Waals surface area (Å²) >= 11 is 0. The SMILES string of the molecule is C=C/C=C(\C=C/C)Nc1ccc(NC(O)c2ccc(NC(=C)c3cc(N(C)C)ccc3N=C)nc2)cc1. The Morgan fingerprint density at radius 2 is 1.78 bits per heavy atom. The standard InChI is InChI=1S/C30H34N6O/c1-7-9-23(10-8-2)34-24-12-14-25(15-13-24)35-30(37)22-11-18-29(32-20-22)33-21(3)27-19-26(36(5)6)16-17-28(27)31-4/h7-20,30,34-35,37H,1,3-4H2,2,5-6H3,(H,32,33)/b10-8-,23-9+. The highest BCUT2D eigenvalue weighted by atomic mass is 16.3. The van der Waals surface area contributed by atoms with Crippen molar-refractivity contribution in [3.05, 3.63) is 115 Å². The van der Waals surface area contributed by atoms with Gasteiger partial charge in [-0.25, -0.2) is 4.98 Å². The average Bonchev–Trinajstić information content (AvgIpc) is 2.90. The van der Waals surface area contributed by atoms with Crippen LogP contribution >= 0.6 is 0 Å². The summed E-state index contributed by atoms with van der Waals surface area (Å²) in [6.07, 6.45) is 8.25. The van der Waals surface area contributed by atoms with E-state index in [2.05, 4.69) is 45.8 Å². The van der Waals surface area contributed by atoms with E-state index in [4.69, 9.17) is 0 Å². The maximum absolute atomic E-state index is 10.7. The van der Waals surface area contributed by atoms with Crippen LogP contribution in [0, 0.1) is 0 Å². The summed E-state index contributed by atoms with van der Waals surface area (Å²) in [7, 11) is 3.95. The van der Waals surface area contributed by atoms with E-state index in [0.29, 0.717) is 17.1 Å². The number of aromatic nitrogens is 1. The number of aliphatic hydroxyl groups excluding tert-OH is 1. The van der Waals surface area contributed by atoms with Crippen LogP contribution in [0.15, 0.2) is 109 Å². The van der Waals surface area contributed by atoms with Gasteiger partial charge in [-0.05, 0) is 80.4 Å². The minimum Gasteiger partial charge on any atom is -0.378 e. The lowest BCUT2D eigenvalue weighted by Gasteiger charge is -2.18. The Hall–Kier alpha value is -4.62. The molecule has 0 bridgehead atoms. The molecule has 0 aliphatic heterocycles. The van der Waals surface area contributed by atoms with E-state index in [1.807, 2.05) is 92.7 Å². The van der Waals surface area contributed by atoms with Gasteiger partial charge in [0.25, 0.3) is 0 Å². The van der Waals surface area contributed by atoms with Crippen LogP contribution in [0.25, 0.3) is 5.70 Å². The molecule has 1 unspecified atom stereocenters. The Kier molecular flexibility index (Phi) is 9.41. The summed E-state index contributed by atoms with van der Waals surface area (Å²) in [5.74, 6) is 0.603. The Balaban J connectivity index is 1.64. The van der Waals surface area contributed by atoms with E-state index < -0.39 is 6.23 Å². The van der Waals surface area contributed by atoms with Gasteiger partial charge < -0.3 is 26.0 Å². The molecule has 0 fully saturated rings. The minimum absolute atomic E-state index is 0.603. The van der Waals surface area contributed by atoms with Gasteiger partial charge in [-0.2, -0.15) is 0 Å². The first-order valence-electron chi connectivity index (χ1n) is 11.8. The minimum atomic E-state index is -0.920. The molecule has 0 aliphatic carbocycles. The van der Waals surface area contributed by atoms with E-state index in [-0.39, 0.29) is 0 Å². The van der Waals surface area contributed by atoms with Crippen molar-refractivity contribution in [3.8, 4) is 0 Å². The van der Waals surface area contributed by atoms with Crippen molar-refractivity contribution < 1.29 is 5.11 Å². The summed E-state index contributed by atoms with van der Waals surface area (Å²) in [6.45, 7) is 13.5. The Bertz CT molecular complexity index is 1290. The van der Waals surface area contributed by atoms with Crippen LogP contribution in [0.5, 0.6) is 0 Å². The molecule has 2 aromatic carbocycles. The number of aliphatic imine (C=N–C) groups is 1. The van der Waals surface area contributed by atoms with Crippen LogP contribution in [0.2, 0.25) is 0 Å². The number of aliphatic hydroxyl groups is 1. The molecule has 7 nitrogen and oxygen atoms in total. The first-order valence-corrected chi connectivity index (χ1v) is 11.8. The van der Waals surface area contributed by atoms with Crippen molar-refractivity contribution in [2.75, 3.05) is 34.9 Å². The predicted molar refractivity (Wildman–Crippen MR) is 159 cm³/mol. The van der Waals surface area contributed by atoms with Crippen LogP contribution in [-0.4, -0.2) is 30.9 Å². The molecule has 3 aromatic rings. The molecule has 0 aliphatic rings. The van der Waals surface area contributed by atoms with Crippen LogP contribution in [0.3, 0.4) is 0 Å². The highest BCUT2D eigenvalue weighted by molar-refractivity contribution is 5.83. The molecule has 3 rings (SSSR count). The number of allylic oxidation sites excluding steroid dienone is 4. The second-order valence-corrected chi connectivity index (χ2v) is 8.44.